The molecule has 1 amide bonds. The molecule has 0 fully saturated rings. The molecule has 0 spiro atoms. The van der Waals surface area contributed by atoms with E-state index in [2.05, 4.69) is 0 Å². The molecule has 0 aliphatic heterocycles. The fraction of sp³-hybridized carbons (Fsp3) is 0.188. The third kappa shape index (κ3) is 3.99. The largest absolute Gasteiger partial charge is 0.341 e. The number of carbonyl (C=O) groups excluding carboxylic acids is 1. The van der Waals surface area contributed by atoms with Crippen LogP contribution in [0.4, 0.5) is 0 Å². The quantitative estimate of drug-likeness (QED) is 0.829. The maximum atomic E-state index is 12.2. The van der Waals surface area contributed by atoms with Gasteiger partial charge in [-0.3, -0.25) is 4.79 Å². The average Bonchev–Trinajstić information content (AvgIpc) is 2.44. The molecule has 20 heavy (non-hydrogen) atoms. The number of rotatable bonds is 4. The first kappa shape index (κ1) is 14.9. The molecule has 2 aromatic rings. The number of likely N-dealkylation sites (N-methyl/N-ethyl adjacent to an activating group) is 1. The van der Waals surface area contributed by atoms with Gasteiger partial charge in [-0.15, -0.1) is 0 Å². The van der Waals surface area contributed by atoms with Gasteiger partial charge in [-0.1, -0.05) is 53.5 Å². The molecule has 104 valence electrons. The summed E-state index contributed by atoms with van der Waals surface area (Å²) in [6.45, 7) is 0.556. The average molecular weight is 308 g/mol. The van der Waals surface area contributed by atoms with Gasteiger partial charge in [0.2, 0.25) is 5.91 Å². The predicted octanol–water partition coefficient (Wildman–Crippen LogP) is 4.19. The van der Waals surface area contributed by atoms with Crippen molar-refractivity contribution in [1.82, 2.24) is 4.90 Å². The Bertz CT molecular complexity index is 596. The number of halogens is 2. The van der Waals surface area contributed by atoms with Crippen LogP contribution in [0.25, 0.3) is 0 Å². The summed E-state index contributed by atoms with van der Waals surface area (Å²) < 4.78 is 0. The van der Waals surface area contributed by atoms with Crippen molar-refractivity contribution in [2.75, 3.05) is 7.05 Å². The zero-order valence-corrected chi connectivity index (χ0v) is 12.7. The number of amides is 1. The second-order valence-corrected chi connectivity index (χ2v) is 5.49. The van der Waals surface area contributed by atoms with E-state index in [9.17, 15) is 4.79 Å². The Labute approximate surface area is 128 Å². The van der Waals surface area contributed by atoms with Crippen molar-refractivity contribution in [3.05, 3.63) is 69.7 Å². The molecule has 0 radical (unpaired) electrons. The topological polar surface area (TPSA) is 20.3 Å². The van der Waals surface area contributed by atoms with Gasteiger partial charge in [-0.25, -0.2) is 0 Å². The summed E-state index contributed by atoms with van der Waals surface area (Å²) in [6, 6.07) is 14.9. The van der Waals surface area contributed by atoms with Crippen LogP contribution >= 0.6 is 23.2 Å². The first-order chi connectivity index (χ1) is 9.56. The van der Waals surface area contributed by atoms with E-state index in [1.165, 1.54) is 0 Å². The Balaban J connectivity index is 1.99. The van der Waals surface area contributed by atoms with Crippen LogP contribution in [0.5, 0.6) is 0 Å². The molecule has 0 saturated heterocycles. The maximum absolute atomic E-state index is 12.2. The van der Waals surface area contributed by atoms with Crippen LogP contribution < -0.4 is 0 Å². The van der Waals surface area contributed by atoms with Crippen molar-refractivity contribution in [3.63, 3.8) is 0 Å². The Morgan fingerprint density at radius 2 is 1.70 bits per heavy atom. The van der Waals surface area contributed by atoms with Gasteiger partial charge in [0.15, 0.2) is 0 Å². The first-order valence-corrected chi connectivity index (χ1v) is 7.03. The second-order valence-electron chi connectivity index (χ2n) is 4.64. The SMILES string of the molecule is CN(Cc1ccc(Cl)cc1)C(=O)Cc1ccccc1Cl. The normalized spacial score (nSPS) is 10.3. The van der Waals surface area contributed by atoms with Crippen molar-refractivity contribution in [2.45, 2.75) is 13.0 Å². The molecule has 2 aromatic carbocycles. The Kier molecular flexibility index (Phi) is 5.05. The van der Waals surface area contributed by atoms with Crippen LogP contribution in [0.3, 0.4) is 0 Å². The van der Waals surface area contributed by atoms with E-state index in [-0.39, 0.29) is 5.91 Å². The molecule has 0 bridgehead atoms. The minimum atomic E-state index is 0.0352. The lowest BCUT2D eigenvalue weighted by atomic mass is 10.1. The predicted molar refractivity (Wildman–Crippen MR) is 83.1 cm³/mol. The van der Waals surface area contributed by atoms with Crippen LogP contribution in [0, 0.1) is 0 Å². The van der Waals surface area contributed by atoms with Gasteiger partial charge in [-0.05, 0) is 29.3 Å². The molecule has 2 nitrogen and oxygen atoms in total. The lowest BCUT2D eigenvalue weighted by Crippen LogP contribution is -2.27. The van der Waals surface area contributed by atoms with Gasteiger partial charge in [0.1, 0.15) is 0 Å². The lowest BCUT2D eigenvalue weighted by Gasteiger charge is -2.17. The number of benzene rings is 2. The molecule has 0 unspecified atom stereocenters. The van der Waals surface area contributed by atoms with E-state index in [1.807, 2.05) is 42.5 Å². The Morgan fingerprint density at radius 1 is 1.05 bits per heavy atom. The molecule has 0 aliphatic carbocycles. The summed E-state index contributed by atoms with van der Waals surface area (Å²) in [5.41, 5.74) is 1.89. The summed E-state index contributed by atoms with van der Waals surface area (Å²) in [4.78, 5) is 13.9. The number of carbonyl (C=O) groups is 1. The summed E-state index contributed by atoms with van der Waals surface area (Å²) in [5.74, 6) is 0.0352. The van der Waals surface area contributed by atoms with E-state index in [4.69, 9.17) is 23.2 Å². The fourth-order valence-electron chi connectivity index (χ4n) is 1.89. The maximum Gasteiger partial charge on any atom is 0.227 e. The number of hydrogen-bond acceptors (Lipinski definition) is 1. The highest BCUT2D eigenvalue weighted by molar-refractivity contribution is 6.31. The number of hydrogen-bond donors (Lipinski definition) is 0. The third-order valence-electron chi connectivity index (χ3n) is 3.06. The Hall–Kier alpha value is -1.51. The van der Waals surface area contributed by atoms with Crippen molar-refractivity contribution >= 4 is 29.1 Å². The summed E-state index contributed by atoms with van der Waals surface area (Å²) >= 11 is 11.9. The Morgan fingerprint density at radius 3 is 2.35 bits per heavy atom. The van der Waals surface area contributed by atoms with Gasteiger partial charge in [0.25, 0.3) is 0 Å². The molecule has 2 rings (SSSR count). The second kappa shape index (κ2) is 6.78. The lowest BCUT2D eigenvalue weighted by molar-refractivity contribution is -0.129. The van der Waals surface area contributed by atoms with Crippen LogP contribution in [0.15, 0.2) is 48.5 Å². The van der Waals surface area contributed by atoms with Gasteiger partial charge < -0.3 is 4.90 Å². The molecule has 0 N–H and O–H groups in total. The summed E-state index contributed by atoms with van der Waals surface area (Å²) in [6.07, 6.45) is 0.309. The molecular formula is C16H15Cl2NO. The van der Waals surface area contributed by atoms with E-state index < -0.39 is 0 Å². The smallest absolute Gasteiger partial charge is 0.227 e. The highest BCUT2D eigenvalue weighted by Gasteiger charge is 2.11. The van der Waals surface area contributed by atoms with Crippen molar-refractivity contribution in [3.8, 4) is 0 Å². The molecule has 0 heterocycles. The van der Waals surface area contributed by atoms with Gasteiger partial charge >= 0.3 is 0 Å². The van der Waals surface area contributed by atoms with E-state index in [0.29, 0.717) is 23.0 Å². The van der Waals surface area contributed by atoms with Crippen molar-refractivity contribution in [2.24, 2.45) is 0 Å². The van der Waals surface area contributed by atoms with Gasteiger partial charge in [-0.2, -0.15) is 0 Å². The van der Waals surface area contributed by atoms with Gasteiger partial charge in [0.05, 0.1) is 6.42 Å². The van der Waals surface area contributed by atoms with E-state index in [1.54, 1.807) is 18.0 Å². The van der Waals surface area contributed by atoms with Crippen LogP contribution in [-0.2, 0) is 17.8 Å². The van der Waals surface area contributed by atoms with Gasteiger partial charge in [0, 0.05) is 23.6 Å². The monoisotopic (exact) mass is 307 g/mol. The molecule has 0 aromatic heterocycles. The van der Waals surface area contributed by atoms with Crippen LogP contribution in [-0.4, -0.2) is 17.9 Å². The highest BCUT2D eigenvalue weighted by Crippen LogP contribution is 2.17. The molecule has 4 heteroatoms. The fourth-order valence-corrected chi connectivity index (χ4v) is 2.22. The van der Waals surface area contributed by atoms with Crippen molar-refractivity contribution < 1.29 is 4.79 Å². The van der Waals surface area contributed by atoms with Crippen molar-refractivity contribution in [1.29, 1.82) is 0 Å². The molecule has 0 atom stereocenters. The third-order valence-corrected chi connectivity index (χ3v) is 3.68. The minimum Gasteiger partial charge on any atom is -0.341 e. The summed E-state index contributed by atoms with van der Waals surface area (Å²) in [7, 11) is 1.79. The standard InChI is InChI=1S/C16H15Cl2NO/c1-19(11-12-6-8-14(17)9-7-12)16(20)10-13-4-2-3-5-15(13)18/h2-9H,10-11H2,1H3. The first-order valence-electron chi connectivity index (χ1n) is 6.28. The van der Waals surface area contributed by atoms with E-state index >= 15 is 0 Å². The molecular weight excluding hydrogens is 293 g/mol. The zero-order chi connectivity index (χ0) is 14.5. The highest BCUT2D eigenvalue weighted by atomic mass is 35.5. The summed E-state index contributed by atoms with van der Waals surface area (Å²) in [5, 5.41) is 1.32. The number of nitrogens with zero attached hydrogens (tertiary/aromatic N) is 1. The minimum absolute atomic E-state index is 0.0352. The van der Waals surface area contributed by atoms with E-state index in [0.717, 1.165) is 11.1 Å². The zero-order valence-electron chi connectivity index (χ0n) is 11.1. The van der Waals surface area contributed by atoms with Crippen LogP contribution in [0.2, 0.25) is 10.0 Å². The van der Waals surface area contributed by atoms with Crippen LogP contribution in [0.1, 0.15) is 11.1 Å². The molecule has 0 aliphatic rings. The molecule has 0 saturated carbocycles.